The largest absolute Gasteiger partial charge is 0.244 e. The Morgan fingerprint density at radius 3 is 0.759 bits per heavy atom. The number of fused-ring (bicyclic) bond motifs is 14. The summed E-state index contributed by atoms with van der Waals surface area (Å²) in [5, 5.41) is 9.77. The fourth-order valence-electron chi connectivity index (χ4n) is 8.59. The predicted molar refractivity (Wildman–Crippen MR) is 232 cm³/mol. The van der Waals surface area contributed by atoms with Gasteiger partial charge in [-0.05, 0) is 107 Å². The Balaban J connectivity index is 1.30. The van der Waals surface area contributed by atoms with Crippen LogP contribution in [0.2, 0.25) is 0 Å². The van der Waals surface area contributed by atoms with Gasteiger partial charge in [0.05, 0.1) is 44.1 Å². The van der Waals surface area contributed by atoms with Crippen LogP contribution < -0.4 is 0 Å². The molecule has 54 heavy (non-hydrogen) atoms. The molecule has 4 nitrogen and oxygen atoms in total. The molecule has 0 atom stereocenters. The van der Waals surface area contributed by atoms with Gasteiger partial charge in [0, 0.05) is 21.5 Å². The Hall–Kier alpha value is -5.22. The Morgan fingerprint density at radius 1 is 0.296 bits per heavy atom. The summed E-state index contributed by atoms with van der Waals surface area (Å²) < 4.78 is 0. The van der Waals surface area contributed by atoms with Crippen molar-refractivity contribution in [2.75, 3.05) is 0 Å². The Kier molecular flexibility index (Phi) is 9.31. The molecular weight excluding hydrogens is 657 g/mol. The van der Waals surface area contributed by atoms with Crippen molar-refractivity contribution in [1.29, 1.82) is 0 Å². The van der Waals surface area contributed by atoms with Crippen LogP contribution in [0.5, 0.6) is 0 Å². The second-order valence-electron chi connectivity index (χ2n) is 15.6. The van der Waals surface area contributed by atoms with Crippen molar-refractivity contribution < 1.29 is 0 Å². The fourth-order valence-corrected chi connectivity index (χ4v) is 8.59. The van der Waals surface area contributed by atoms with E-state index in [1.807, 2.05) is 0 Å². The Labute approximate surface area is 318 Å². The SMILES string of the molecule is CCCCc1ccc2c(c1)c1cc(CCCC)ccc1c1nc3cc4nc5c6ccc(CCCC)cc6c6cc(CCCC)ccc6c5nc4cc3nc21. The van der Waals surface area contributed by atoms with Crippen LogP contribution in [0.25, 0.3) is 87.2 Å². The van der Waals surface area contributed by atoms with Crippen molar-refractivity contribution in [3.63, 3.8) is 0 Å². The minimum Gasteiger partial charge on any atom is -0.244 e. The standard InChI is InChI=1S/C50H50N4/c1-5-9-13-31-17-21-35-39(25-31)40-26-32(14-10-6-2)18-22-36(40)48-47(35)51-43-29-45-46(30-44(43)52-48)54-50-38-24-20-34(16-12-8-4)28-42(38)41-27-33(15-11-7-3)19-23-37(41)49(50)53-45/h17-30H,5-16H2,1-4H3. The third-order valence-corrected chi connectivity index (χ3v) is 11.7. The lowest BCUT2D eigenvalue weighted by Gasteiger charge is -2.14. The van der Waals surface area contributed by atoms with Gasteiger partial charge in [0.25, 0.3) is 0 Å². The molecule has 9 rings (SSSR count). The van der Waals surface area contributed by atoms with Crippen LogP contribution in [-0.2, 0) is 25.7 Å². The van der Waals surface area contributed by atoms with Crippen LogP contribution in [0, 0.1) is 0 Å². The molecule has 0 N–H and O–H groups in total. The lowest BCUT2D eigenvalue weighted by atomic mass is 9.94. The minimum atomic E-state index is 0.853. The predicted octanol–water partition coefficient (Wildman–Crippen LogP) is 13.9. The summed E-state index contributed by atoms with van der Waals surface area (Å²) in [6, 6.07) is 32.2. The summed E-state index contributed by atoms with van der Waals surface area (Å²) >= 11 is 0. The van der Waals surface area contributed by atoms with Crippen molar-refractivity contribution in [3.05, 3.63) is 107 Å². The van der Waals surface area contributed by atoms with E-state index >= 15 is 0 Å². The van der Waals surface area contributed by atoms with Gasteiger partial charge in [0.1, 0.15) is 0 Å². The van der Waals surface area contributed by atoms with Gasteiger partial charge in [-0.1, -0.05) is 126 Å². The number of hydrogen-bond acceptors (Lipinski definition) is 4. The molecule has 0 fully saturated rings. The maximum absolute atomic E-state index is 5.41. The van der Waals surface area contributed by atoms with Gasteiger partial charge in [0.15, 0.2) is 0 Å². The minimum absolute atomic E-state index is 0.853. The Bertz CT molecular complexity index is 2500. The highest BCUT2D eigenvalue weighted by molar-refractivity contribution is 6.25. The molecule has 2 aromatic heterocycles. The monoisotopic (exact) mass is 706 g/mol. The molecule has 2 heterocycles. The van der Waals surface area contributed by atoms with Crippen LogP contribution in [-0.4, -0.2) is 19.9 Å². The van der Waals surface area contributed by atoms with Crippen molar-refractivity contribution in [3.8, 4) is 0 Å². The van der Waals surface area contributed by atoms with Crippen LogP contribution >= 0.6 is 0 Å². The lowest BCUT2D eigenvalue weighted by molar-refractivity contribution is 0.795. The van der Waals surface area contributed by atoms with E-state index in [0.29, 0.717) is 0 Å². The summed E-state index contributed by atoms with van der Waals surface area (Å²) in [6.07, 6.45) is 13.9. The molecule has 4 heteroatoms. The van der Waals surface area contributed by atoms with Crippen molar-refractivity contribution in [2.45, 2.75) is 105 Å². The van der Waals surface area contributed by atoms with E-state index in [2.05, 4.69) is 113 Å². The van der Waals surface area contributed by atoms with E-state index in [1.54, 1.807) is 0 Å². The second-order valence-corrected chi connectivity index (χ2v) is 15.6. The molecule has 0 saturated carbocycles. The fraction of sp³-hybridized carbons (Fsp3) is 0.320. The normalized spacial score (nSPS) is 12.2. The number of rotatable bonds is 12. The zero-order valence-corrected chi connectivity index (χ0v) is 32.4. The van der Waals surface area contributed by atoms with E-state index in [0.717, 1.165) is 69.8 Å². The average Bonchev–Trinajstić information content (AvgIpc) is 3.21. The third kappa shape index (κ3) is 6.10. The van der Waals surface area contributed by atoms with E-state index in [4.69, 9.17) is 19.9 Å². The first-order valence-corrected chi connectivity index (χ1v) is 20.6. The van der Waals surface area contributed by atoms with Crippen LogP contribution in [0.1, 0.15) is 101 Å². The highest BCUT2D eigenvalue weighted by Gasteiger charge is 2.17. The molecule has 0 saturated heterocycles. The lowest BCUT2D eigenvalue weighted by Crippen LogP contribution is -1.96. The maximum atomic E-state index is 5.41. The highest BCUT2D eigenvalue weighted by Crippen LogP contribution is 2.39. The molecule has 0 unspecified atom stereocenters. The van der Waals surface area contributed by atoms with E-state index in [9.17, 15) is 0 Å². The molecule has 0 bridgehead atoms. The topological polar surface area (TPSA) is 51.6 Å². The average molecular weight is 707 g/mol. The number of aromatic nitrogens is 4. The molecule has 0 amide bonds. The molecule has 9 aromatic rings. The first-order chi connectivity index (χ1) is 26.6. The molecule has 270 valence electrons. The maximum Gasteiger partial charge on any atom is 0.0979 e. The van der Waals surface area contributed by atoms with Crippen LogP contribution in [0.15, 0.2) is 84.9 Å². The summed E-state index contributed by atoms with van der Waals surface area (Å²) in [6.45, 7) is 9.06. The number of benzene rings is 7. The van der Waals surface area contributed by atoms with E-state index < -0.39 is 0 Å². The van der Waals surface area contributed by atoms with Gasteiger partial charge in [0.2, 0.25) is 0 Å². The molecule has 0 aliphatic rings. The molecule has 0 radical (unpaired) electrons. The quantitative estimate of drug-likeness (QED) is 0.0937. The number of aryl methyl sites for hydroxylation is 4. The van der Waals surface area contributed by atoms with Crippen molar-refractivity contribution >= 4 is 87.2 Å². The van der Waals surface area contributed by atoms with Crippen LogP contribution in [0.4, 0.5) is 0 Å². The van der Waals surface area contributed by atoms with Crippen molar-refractivity contribution in [2.24, 2.45) is 0 Å². The highest BCUT2D eigenvalue weighted by atomic mass is 14.8. The van der Waals surface area contributed by atoms with Crippen molar-refractivity contribution in [1.82, 2.24) is 19.9 Å². The summed E-state index contributed by atoms with van der Waals surface area (Å²) in [5.41, 5.74) is 12.8. The molecule has 7 aromatic carbocycles. The zero-order chi connectivity index (χ0) is 36.8. The van der Waals surface area contributed by atoms with Gasteiger partial charge in [-0.2, -0.15) is 0 Å². The van der Waals surface area contributed by atoms with E-state index in [-0.39, 0.29) is 0 Å². The van der Waals surface area contributed by atoms with Gasteiger partial charge >= 0.3 is 0 Å². The Morgan fingerprint density at radius 2 is 0.537 bits per heavy atom. The van der Waals surface area contributed by atoms with E-state index in [1.165, 1.54) is 117 Å². The molecule has 0 spiro atoms. The van der Waals surface area contributed by atoms with Gasteiger partial charge in [-0.15, -0.1) is 0 Å². The van der Waals surface area contributed by atoms with Gasteiger partial charge in [-0.3, -0.25) is 0 Å². The molecule has 0 aliphatic heterocycles. The smallest absolute Gasteiger partial charge is 0.0979 e. The first-order valence-electron chi connectivity index (χ1n) is 20.6. The number of unbranched alkanes of at least 4 members (excludes halogenated alkanes) is 4. The van der Waals surface area contributed by atoms with Crippen LogP contribution in [0.3, 0.4) is 0 Å². The summed E-state index contributed by atoms with van der Waals surface area (Å²) in [7, 11) is 0. The number of nitrogens with zero attached hydrogens (tertiary/aromatic N) is 4. The van der Waals surface area contributed by atoms with Gasteiger partial charge < -0.3 is 0 Å². The first kappa shape index (κ1) is 34.5. The summed E-state index contributed by atoms with van der Waals surface area (Å²) in [5.74, 6) is 0. The second kappa shape index (κ2) is 14.5. The molecule has 0 aliphatic carbocycles. The van der Waals surface area contributed by atoms with Gasteiger partial charge in [-0.25, -0.2) is 19.9 Å². The summed E-state index contributed by atoms with van der Waals surface area (Å²) in [4.78, 5) is 21.6. The number of hydrogen-bond donors (Lipinski definition) is 0. The molecular formula is C50H50N4. The third-order valence-electron chi connectivity index (χ3n) is 11.7. The zero-order valence-electron chi connectivity index (χ0n) is 32.4.